The van der Waals surface area contributed by atoms with Gasteiger partial charge in [0.2, 0.25) is 0 Å². The highest BCUT2D eigenvalue weighted by Crippen LogP contribution is 2.35. The van der Waals surface area contributed by atoms with Crippen LogP contribution in [0.1, 0.15) is 5.56 Å². The maximum atomic E-state index is 11.8. The van der Waals surface area contributed by atoms with Crippen LogP contribution in [-0.4, -0.2) is 32.9 Å². The van der Waals surface area contributed by atoms with Crippen LogP contribution in [0.2, 0.25) is 0 Å². The summed E-state index contributed by atoms with van der Waals surface area (Å²) in [5, 5.41) is 3.91. The number of rotatable bonds is 7. The molecule has 0 heterocycles. The summed E-state index contributed by atoms with van der Waals surface area (Å²) in [6.07, 6.45) is 1.50. The molecule has 6 nitrogen and oxygen atoms in total. The zero-order valence-electron chi connectivity index (χ0n) is 13.6. The maximum absolute atomic E-state index is 11.8. The summed E-state index contributed by atoms with van der Waals surface area (Å²) in [4.78, 5) is 11.8. The number of hydrogen-bond donors (Lipinski definition) is 1. The molecule has 0 spiro atoms. The Morgan fingerprint density at radius 2 is 2.00 bits per heavy atom. The molecule has 25 heavy (non-hydrogen) atoms. The number of benzene rings is 2. The summed E-state index contributed by atoms with van der Waals surface area (Å²) in [7, 11) is 3.11. The van der Waals surface area contributed by atoms with Gasteiger partial charge in [0.05, 0.1) is 24.9 Å². The van der Waals surface area contributed by atoms with Crippen molar-refractivity contribution in [1.82, 2.24) is 5.43 Å². The predicted molar refractivity (Wildman–Crippen MR) is 103 cm³/mol. The van der Waals surface area contributed by atoms with Gasteiger partial charge < -0.3 is 14.2 Å². The molecule has 0 aliphatic carbocycles. The van der Waals surface area contributed by atoms with E-state index in [0.717, 1.165) is 14.5 Å². The first-order chi connectivity index (χ1) is 12.0. The van der Waals surface area contributed by atoms with Crippen molar-refractivity contribution in [2.75, 3.05) is 20.8 Å². The molecule has 132 valence electrons. The Labute approximate surface area is 162 Å². The second kappa shape index (κ2) is 9.43. The molecule has 2 aromatic carbocycles. The molecule has 1 amide bonds. The monoisotopic (exact) mass is 470 g/mol. The first-order valence-corrected chi connectivity index (χ1v) is 8.74. The second-order valence-corrected chi connectivity index (χ2v) is 6.55. The van der Waals surface area contributed by atoms with E-state index in [2.05, 4.69) is 42.4 Å². The summed E-state index contributed by atoms with van der Waals surface area (Å²) in [5.74, 6) is 1.38. The van der Waals surface area contributed by atoms with Crippen LogP contribution in [0.25, 0.3) is 0 Å². The Morgan fingerprint density at radius 1 is 1.20 bits per heavy atom. The SMILES string of the molecule is COc1cc(/C=N/NC(=O)COc2cccc(Br)c2)cc(Br)c1OC. The maximum Gasteiger partial charge on any atom is 0.277 e. The molecule has 0 aliphatic heterocycles. The van der Waals surface area contributed by atoms with Crippen molar-refractivity contribution in [1.29, 1.82) is 0 Å². The van der Waals surface area contributed by atoms with Gasteiger partial charge in [0.1, 0.15) is 5.75 Å². The molecule has 8 heteroatoms. The molecule has 2 rings (SSSR count). The Morgan fingerprint density at radius 3 is 2.68 bits per heavy atom. The Hall–Kier alpha value is -2.06. The molecular formula is C17H16Br2N2O4. The molecule has 0 fully saturated rings. The summed E-state index contributed by atoms with van der Waals surface area (Å²) >= 11 is 6.74. The van der Waals surface area contributed by atoms with E-state index in [-0.39, 0.29) is 12.5 Å². The van der Waals surface area contributed by atoms with Gasteiger partial charge in [0.25, 0.3) is 5.91 Å². The topological polar surface area (TPSA) is 69.2 Å². The van der Waals surface area contributed by atoms with E-state index in [0.29, 0.717) is 17.2 Å². The fraction of sp³-hybridized carbons (Fsp3) is 0.176. The minimum absolute atomic E-state index is 0.135. The third kappa shape index (κ3) is 5.75. The number of nitrogens with one attached hydrogen (secondary N) is 1. The van der Waals surface area contributed by atoms with Crippen LogP contribution in [0.5, 0.6) is 17.2 Å². The molecule has 0 unspecified atom stereocenters. The zero-order chi connectivity index (χ0) is 18.2. The van der Waals surface area contributed by atoms with Gasteiger partial charge in [0.15, 0.2) is 18.1 Å². The Bertz CT molecular complexity index is 781. The quantitative estimate of drug-likeness (QED) is 0.493. The van der Waals surface area contributed by atoms with E-state index in [1.807, 2.05) is 12.1 Å². The highest BCUT2D eigenvalue weighted by molar-refractivity contribution is 9.10. The average Bonchev–Trinajstić information content (AvgIpc) is 2.59. The molecule has 0 aliphatic rings. The van der Waals surface area contributed by atoms with Crippen LogP contribution >= 0.6 is 31.9 Å². The molecule has 0 saturated heterocycles. The summed E-state index contributed by atoms with van der Waals surface area (Å²) in [6.45, 7) is -0.135. The minimum atomic E-state index is -0.365. The lowest BCUT2D eigenvalue weighted by Gasteiger charge is -2.10. The van der Waals surface area contributed by atoms with Gasteiger partial charge in [-0.25, -0.2) is 5.43 Å². The fourth-order valence-corrected chi connectivity index (χ4v) is 2.93. The van der Waals surface area contributed by atoms with Crippen molar-refractivity contribution in [2.24, 2.45) is 5.10 Å². The van der Waals surface area contributed by atoms with E-state index < -0.39 is 0 Å². The van der Waals surface area contributed by atoms with Crippen molar-refractivity contribution < 1.29 is 19.0 Å². The van der Waals surface area contributed by atoms with E-state index in [9.17, 15) is 4.79 Å². The van der Waals surface area contributed by atoms with Gasteiger partial charge in [-0.15, -0.1) is 0 Å². The Balaban J connectivity index is 1.92. The van der Waals surface area contributed by atoms with Gasteiger partial charge in [-0.2, -0.15) is 5.10 Å². The number of amides is 1. The molecule has 0 bridgehead atoms. The fourth-order valence-electron chi connectivity index (χ4n) is 1.93. The van der Waals surface area contributed by atoms with Gasteiger partial charge in [-0.3, -0.25) is 4.79 Å². The molecule has 1 N–H and O–H groups in total. The highest BCUT2D eigenvalue weighted by atomic mass is 79.9. The Kier molecular flexibility index (Phi) is 7.27. The van der Waals surface area contributed by atoms with Gasteiger partial charge in [-0.05, 0) is 51.8 Å². The minimum Gasteiger partial charge on any atom is -0.493 e. The molecule has 0 radical (unpaired) electrons. The van der Waals surface area contributed by atoms with E-state index in [4.69, 9.17) is 14.2 Å². The van der Waals surface area contributed by atoms with Crippen LogP contribution in [-0.2, 0) is 4.79 Å². The number of halogens is 2. The number of hydrazone groups is 1. The first-order valence-electron chi connectivity index (χ1n) is 7.15. The lowest BCUT2D eigenvalue weighted by Crippen LogP contribution is -2.24. The lowest BCUT2D eigenvalue weighted by molar-refractivity contribution is -0.123. The van der Waals surface area contributed by atoms with Crippen molar-refractivity contribution in [3.63, 3.8) is 0 Å². The summed E-state index contributed by atoms with van der Waals surface area (Å²) in [6, 6.07) is 10.8. The largest absolute Gasteiger partial charge is 0.493 e. The number of carbonyl (C=O) groups excluding carboxylic acids is 1. The summed E-state index contributed by atoms with van der Waals surface area (Å²) in [5.41, 5.74) is 3.14. The van der Waals surface area contributed by atoms with Crippen molar-refractivity contribution >= 4 is 44.0 Å². The third-order valence-electron chi connectivity index (χ3n) is 3.02. The van der Waals surface area contributed by atoms with Crippen LogP contribution < -0.4 is 19.6 Å². The standard InChI is InChI=1S/C17H16Br2N2O4/c1-23-15-7-11(6-14(19)17(15)24-2)9-20-21-16(22)10-25-13-5-3-4-12(18)8-13/h3-9H,10H2,1-2H3,(H,21,22)/b20-9+. The van der Waals surface area contributed by atoms with Crippen LogP contribution in [0.4, 0.5) is 0 Å². The number of nitrogens with zero attached hydrogens (tertiary/aromatic N) is 1. The number of methoxy groups -OCH3 is 2. The van der Waals surface area contributed by atoms with Crippen LogP contribution in [0, 0.1) is 0 Å². The van der Waals surface area contributed by atoms with Gasteiger partial charge in [0, 0.05) is 4.47 Å². The van der Waals surface area contributed by atoms with E-state index in [1.54, 1.807) is 38.5 Å². The molecule has 0 atom stereocenters. The number of ether oxygens (including phenoxy) is 3. The third-order valence-corrected chi connectivity index (χ3v) is 4.11. The molecule has 0 saturated carbocycles. The summed E-state index contributed by atoms with van der Waals surface area (Å²) < 4.78 is 17.5. The first kappa shape index (κ1) is 19.3. The van der Waals surface area contributed by atoms with E-state index in [1.165, 1.54) is 6.21 Å². The zero-order valence-corrected chi connectivity index (χ0v) is 16.8. The molecule has 2 aromatic rings. The van der Waals surface area contributed by atoms with Crippen molar-refractivity contribution in [3.8, 4) is 17.2 Å². The van der Waals surface area contributed by atoms with Crippen LogP contribution in [0.3, 0.4) is 0 Å². The smallest absolute Gasteiger partial charge is 0.277 e. The van der Waals surface area contributed by atoms with Gasteiger partial charge >= 0.3 is 0 Å². The average molecular weight is 472 g/mol. The second-order valence-electron chi connectivity index (χ2n) is 4.78. The normalized spacial score (nSPS) is 10.6. The van der Waals surface area contributed by atoms with Crippen LogP contribution in [0.15, 0.2) is 50.4 Å². The van der Waals surface area contributed by atoms with Crippen molar-refractivity contribution in [3.05, 3.63) is 50.9 Å². The predicted octanol–water partition coefficient (Wildman–Crippen LogP) is 3.76. The van der Waals surface area contributed by atoms with E-state index >= 15 is 0 Å². The molecule has 0 aromatic heterocycles. The number of carbonyl (C=O) groups is 1. The van der Waals surface area contributed by atoms with Crippen molar-refractivity contribution in [2.45, 2.75) is 0 Å². The lowest BCUT2D eigenvalue weighted by atomic mass is 10.2. The molecular weight excluding hydrogens is 456 g/mol. The number of hydrogen-bond acceptors (Lipinski definition) is 5. The highest BCUT2D eigenvalue weighted by Gasteiger charge is 2.09. The van der Waals surface area contributed by atoms with Gasteiger partial charge in [-0.1, -0.05) is 22.0 Å².